The highest BCUT2D eigenvalue weighted by Gasteiger charge is 2.20. The molecule has 0 aromatic carbocycles. The Bertz CT molecular complexity index is 152. The van der Waals surface area contributed by atoms with Crippen LogP contribution in [0, 0.1) is 11.8 Å². The van der Waals surface area contributed by atoms with Crippen molar-refractivity contribution in [1.29, 1.82) is 0 Å². The number of hydrogen-bond donors (Lipinski definition) is 0. The molecule has 0 spiro atoms. The third kappa shape index (κ3) is 2.18. The van der Waals surface area contributed by atoms with E-state index in [1.165, 1.54) is 18.4 Å². The van der Waals surface area contributed by atoms with Gasteiger partial charge in [0.05, 0.1) is 0 Å². The lowest BCUT2D eigenvalue weighted by atomic mass is 9.80. The summed E-state index contributed by atoms with van der Waals surface area (Å²) in [6, 6.07) is 0. The SMILES string of the molecule is C=C(C)[C@H]1CC[C@@H](C=O)CC1. The fraction of sp³-hybridized carbons (Fsp3) is 0.700. The maximum absolute atomic E-state index is 10.4. The molecular formula is C10H16O. The second-order valence-corrected chi connectivity index (χ2v) is 3.59. The zero-order valence-corrected chi connectivity index (χ0v) is 7.18. The topological polar surface area (TPSA) is 17.1 Å². The number of carbonyl (C=O) groups excluding carboxylic acids is 1. The summed E-state index contributed by atoms with van der Waals surface area (Å²) in [5.74, 6) is 1.02. The Balaban J connectivity index is 2.35. The quantitative estimate of drug-likeness (QED) is 0.439. The van der Waals surface area contributed by atoms with Gasteiger partial charge in [0, 0.05) is 5.92 Å². The predicted molar refractivity (Wildman–Crippen MR) is 46.3 cm³/mol. The normalized spacial score (nSPS) is 31.4. The second-order valence-electron chi connectivity index (χ2n) is 3.59. The molecule has 0 heterocycles. The van der Waals surface area contributed by atoms with Crippen LogP contribution in [0.2, 0.25) is 0 Å². The summed E-state index contributed by atoms with van der Waals surface area (Å²) in [6.07, 6.45) is 5.58. The van der Waals surface area contributed by atoms with Crippen LogP contribution >= 0.6 is 0 Å². The van der Waals surface area contributed by atoms with Gasteiger partial charge in [0.15, 0.2) is 0 Å². The lowest BCUT2D eigenvalue weighted by molar-refractivity contribution is -0.112. The van der Waals surface area contributed by atoms with E-state index in [1.54, 1.807) is 0 Å². The minimum Gasteiger partial charge on any atom is -0.303 e. The lowest BCUT2D eigenvalue weighted by Gasteiger charge is -2.25. The molecule has 0 atom stereocenters. The number of aldehydes is 1. The maximum atomic E-state index is 10.4. The third-order valence-electron chi connectivity index (χ3n) is 2.66. The minimum atomic E-state index is 0.339. The first kappa shape index (κ1) is 8.51. The molecule has 0 aromatic rings. The van der Waals surface area contributed by atoms with Crippen molar-refractivity contribution < 1.29 is 4.79 Å². The van der Waals surface area contributed by atoms with Gasteiger partial charge in [0.25, 0.3) is 0 Å². The fourth-order valence-corrected chi connectivity index (χ4v) is 1.75. The van der Waals surface area contributed by atoms with Crippen molar-refractivity contribution >= 4 is 6.29 Å². The van der Waals surface area contributed by atoms with Gasteiger partial charge in [-0.05, 0) is 38.5 Å². The average Bonchev–Trinajstić information content (AvgIpc) is 2.05. The molecule has 1 saturated carbocycles. The standard InChI is InChI=1S/C10H16O/c1-8(2)10-5-3-9(7-11)4-6-10/h7,9-10H,1,3-6H2,2H3/t9-,10+. The van der Waals surface area contributed by atoms with E-state index >= 15 is 0 Å². The molecular weight excluding hydrogens is 136 g/mol. The molecule has 11 heavy (non-hydrogen) atoms. The van der Waals surface area contributed by atoms with Crippen molar-refractivity contribution in [3.63, 3.8) is 0 Å². The van der Waals surface area contributed by atoms with Crippen molar-refractivity contribution in [3.05, 3.63) is 12.2 Å². The highest BCUT2D eigenvalue weighted by atomic mass is 16.1. The smallest absolute Gasteiger partial charge is 0.123 e. The Labute approximate surface area is 68.5 Å². The zero-order valence-electron chi connectivity index (χ0n) is 7.18. The molecule has 1 rings (SSSR count). The van der Waals surface area contributed by atoms with E-state index in [2.05, 4.69) is 13.5 Å². The Kier molecular flexibility index (Phi) is 2.86. The molecule has 62 valence electrons. The summed E-state index contributed by atoms with van der Waals surface area (Å²) >= 11 is 0. The summed E-state index contributed by atoms with van der Waals surface area (Å²) < 4.78 is 0. The molecule has 1 aliphatic rings. The summed E-state index contributed by atoms with van der Waals surface area (Å²) in [4.78, 5) is 10.4. The zero-order chi connectivity index (χ0) is 8.27. The first-order valence-corrected chi connectivity index (χ1v) is 4.34. The van der Waals surface area contributed by atoms with E-state index in [1.807, 2.05) is 0 Å². The number of carbonyl (C=O) groups is 1. The first-order valence-electron chi connectivity index (χ1n) is 4.34. The van der Waals surface area contributed by atoms with Gasteiger partial charge in [-0.25, -0.2) is 0 Å². The van der Waals surface area contributed by atoms with Crippen molar-refractivity contribution in [2.24, 2.45) is 11.8 Å². The Morgan fingerprint density at radius 2 is 1.91 bits per heavy atom. The molecule has 1 nitrogen and oxygen atoms in total. The second kappa shape index (κ2) is 3.70. The maximum Gasteiger partial charge on any atom is 0.123 e. The van der Waals surface area contributed by atoms with Crippen LogP contribution in [0.25, 0.3) is 0 Å². The van der Waals surface area contributed by atoms with Gasteiger partial charge in [-0.15, -0.1) is 0 Å². The van der Waals surface area contributed by atoms with Crippen LogP contribution in [0.4, 0.5) is 0 Å². The molecule has 0 radical (unpaired) electrons. The average molecular weight is 152 g/mol. The van der Waals surface area contributed by atoms with Crippen LogP contribution in [-0.2, 0) is 4.79 Å². The van der Waals surface area contributed by atoms with Gasteiger partial charge >= 0.3 is 0 Å². The number of hydrogen-bond acceptors (Lipinski definition) is 1. The van der Waals surface area contributed by atoms with Crippen molar-refractivity contribution in [2.45, 2.75) is 32.6 Å². The van der Waals surface area contributed by atoms with Crippen LogP contribution in [0.3, 0.4) is 0 Å². The molecule has 1 aliphatic carbocycles. The van der Waals surface area contributed by atoms with Gasteiger partial charge < -0.3 is 4.79 Å². The summed E-state index contributed by atoms with van der Waals surface area (Å²) in [6.45, 7) is 6.03. The Hall–Kier alpha value is -0.590. The van der Waals surface area contributed by atoms with E-state index in [-0.39, 0.29) is 0 Å². The number of rotatable bonds is 2. The molecule has 0 bridgehead atoms. The van der Waals surface area contributed by atoms with Gasteiger partial charge in [-0.1, -0.05) is 12.2 Å². The van der Waals surface area contributed by atoms with Crippen molar-refractivity contribution in [3.8, 4) is 0 Å². The van der Waals surface area contributed by atoms with Crippen LogP contribution in [-0.4, -0.2) is 6.29 Å². The molecule has 0 aliphatic heterocycles. The molecule has 0 amide bonds. The summed E-state index contributed by atoms with van der Waals surface area (Å²) in [5.41, 5.74) is 1.29. The van der Waals surface area contributed by atoms with Crippen molar-refractivity contribution in [1.82, 2.24) is 0 Å². The number of allylic oxidation sites excluding steroid dienone is 1. The lowest BCUT2D eigenvalue weighted by Crippen LogP contribution is -2.15. The molecule has 0 unspecified atom stereocenters. The Morgan fingerprint density at radius 3 is 2.27 bits per heavy atom. The van der Waals surface area contributed by atoms with E-state index in [0.29, 0.717) is 11.8 Å². The predicted octanol–water partition coefficient (Wildman–Crippen LogP) is 2.57. The minimum absolute atomic E-state index is 0.339. The molecule has 1 heteroatoms. The molecule has 0 saturated heterocycles. The van der Waals surface area contributed by atoms with E-state index in [9.17, 15) is 4.79 Å². The van der Waals surface area contributed by atoms with Crippen LogP contribution in [0.15, 0.2) is 12.2 Å². The molecule has 0 aromatic heterocycles. The Morgan fingerprint density at radius 1 is 1.36 bits per heavy atom. The van der Waals surface area contributed by atoms with E-state index < -0.39 is 0 Å². The van der Waals surface area contributed by atoms with Crippen molar-refractivity contribution in [2.75, 3.05) is 0 Å². The molecule has 1 fully saturated rings. The van der Waals surface area contributed by atoms with Gasteiger partial charge in [-0.2, -0.15) is 0 Å². The van der Waals surface area contributed by atoms with Crippen LogP contribution in [0.5, 0.6) is 0 Å². The monoisotopic (exact) mass is 152 g/mol. The highest BCUT2D eigenvalue weighted by Crippen LogP contribution is 2.31. The van der Waals surface area contributed by atoms with E-state index in [0.717, 1.165) is 19.1 Å². The van der Waals surface area contributed by atoms with E-state index in [4.69, 9.17) is 0 Å². The van der Waals surface area contributed by atoms with Gasteiger partial charge in [0.1, 0.15) is 6.29 Å². The largest absolute Gasteiger partial charge is 0.303 e. The van der Waals surface area contributed by atoms with Gasteiger partial charge in [-0.3, -0.25) is 0 Å². The van der Waals surface area contributed by atoms with Crippen LogP contribution in [0.1, 0.15) is 32.6 Å². The van der Waals surface area contributed by atoms with Gasteiger partial charge in [0.2, 0.25) is 0 Å². The summed E-state index contributed by atoms with van der Waals surface area (Å²) in [7, 11) is 0. The van der Waals surface area contributed by atoms with Crippen LogP contribution < -0.4 is 0 Å². The highest BCUT2D eigenvalue weighted by molar-refractivity contribution is 5.53. The fourth-order valence-electron chi connectivity index (χ4n) is 1.75. The molecule has 0 N–H and O–H groups in total. The third-order valence-corrected chi connectivity index (χ3v) is 2.66. The first-order chi connectivity index (χ1) is 5.24. The summed E-state index contributed by atoms with van der Waals surface area (Å²) in [5, 5.41) is 0.